The Hall–Kier alpha value is -4.92. The number of nitrogens with two attached hydrogens (primary N) is 2. The van der Waals surface area contributed by atoms with Crippen LogP contribution in [0, 0.1) is 5.82 Å². The van der Waals surface area contributed by atoms with Gasteiger partial charge < -0.3 is 25.8 Å². The Bertz CT molecular complexity index is 1450. The fraction of sp³-hybridized carbons (Fsp3) is 0.346. The van der Waals surface area contributed by atoms with Gasteiger partial charge in [0.2, 0.25) is 5.91 Å². The third-order valence-electron chi connectivity index (χ3n) is 6.52. The van der Waals surface area contributed by atoms with Crippen LogP contribution in [0.4, 0.5) is 14.9 Å². The first-order valence-corrected chi connectivity index (χ1v) is 12.8. The molecule has 3 atom stereocenters. The molecule has 2 aromatic heterocycles. The molecule has 0 aliphatic carbocycles. The minimum atomic E-state index is -0.959. The number of amides is 2. The molecule has 2 aliphatic heterocycles. The van der Waals surface area contributed by atoms with Gasteiger partial charge in [0.05, 0.1) is 30.7 Å². The van der Waals surface area contributed by atoms with E-state index in [9.17, 15) is 14.4 Å². The largest absolute Gasteiger partial charge is 0.460 e. The minimum absolute atomic E-state index is 0.0156. The van der Waals surface area contributed by atoms with Crippen LogP contribution in [0.15, 0.2) is 54.1 Å². The second-order valence-corrected chi connectivity index (χ2v) is 9.55. The summed E-state index contributed by atoms with van der Waals surface area (Å²) in [5.41, 5.74) is 13.0. The summed E-state index contributed by atoms with van der Waals surface area (Å²) in [6, 6.07) is 6.93. The molecule has 2 amide bonds. The average molecular weight is 567 g/mol. The van der Waals surface area contributed by atoms with Gasteiger partial charge in [0, 0.05) is 36.4 Å². The van der Waals surface area contributed by atoms with Crippen molar-refractivity contribution in [1.82, 2.24) is 20.0 Å². The van der Waals surface area contributed by atoms with Crippen molar-refractivity contribution in [2.75, 3.05) is 18.1 Å². The van der Waals surface area contributed by atoms with Crippen LogP contribution in [-0.2, 0) is 30.4 Å². The number of hydrogen-bond donors (Lipinski definition) is 2. The number of primary amides is 1. The number of oxime groups is 1. The Morgan fingerprint density at radius 2 is 2.07 bits per heavy atom. The number of anilines is 1. The third kappa shape index (κ3) is 6.63. The highest BCUT2D eigenvalue weighted by atomic mass is 19.1. The van der Waals surface area contributed by atoms with Crippen LogP contribution in [0.2, 0.25) is 0 Å². The van der Waals surface area contributed by atoms with Crippen LogP contribution in [-0.4, -0.2) is 75.1 Å². The summed E-state index contributed by atoms with van der Waals surface area (Å²) in [5, 5.41) is 11.6. The summed E-state index contributed by atoms with van der Waals surface area (Å²) in [6.45, 7) is 0.521. The molecule has 0 unspecified atom stereocenters. The quantitative estimate of drug-likeness (QED) is 0.318. The molecule has 0 radical (unpaired) electrons. The highest BCUT2D eigenvalue weighted by Crippen LogP contribution is 2.29. The Morgan fingerprint density at radius 3 is 2.78 bits per heavy atom. The predicted octanol–water partition coefficient (Wildman–Crippen LogP) is 1.13. The highest BCUT2D eigenvalue weighted by molar-refractivity contribution is 5.99. The van der Waals surface area contributed by atoms with Gasteiger partial charge >= 0.3 is 12.1 Å². The molecule has 4 heterocycles. The summed E-state index contributed by atoms with van der Waals surface area (Å²) in [4.78, 5) is 46.3. The first kappa shape index (κ1) is 27.6. The van der Waals surface area contributed by atoms with E-state index in [0.717, 1.165) is 0 Å². The number of esters is 1. The van der Waals surface area contributed by atoms with Crippen molar-refractivity contribution < 1.29 is 33.1 Å². The summed E-state index contributed by atoms with van der Waals surface area (Å²) in [5.74, 6) is -1.74. The van der Waals surface area contributed by atoms with Crippen LogP contribution >= 0.6 is 0 Å². The first-order valence-electron chi connectivity index (χ1n) is 12.8. The summed E-state index contributed by atoms with van der Waals surface area (Å²) < 4.78 is 27.2. The first-order chi connectivity index (χ1) is 19.8. The third-order valence-corrected chi connectivity index (χ3v) is 6.52. The molecule has 2 aliphatic rings. The molecule has 4 N–H and O–H groups in total. The molecule has 41 heavy (non-hydrogen) atoms. The number of carbonyl (C=O) groups is 3. The van der Waals surface area contributed by atoms with E-state index < -0.39 is 42.0 Å². The number of rotatable bonds is 11. The molecule has 14 nitrogen and oxygen atoms in total. The van der Waals surface area contributed by atoms with Crippen molar-refractivity contribution in [2.24, 2.45) is 16.6 Å². The lowest BCUT2D eigenvalue weighted by molar-refractivity contribution is -0.149. The van der Waals surface area contributed by atoms with Crippen molar-refractivity contribution in [3.63, 3.8) is 0 Å². The van der Waals surface area contributed by atoms with Crippen LogP contribution in [0.5, 0.6) is 0 Å². The number of aromatic nitrogens is 4. The highest BCUT2D eigenvalue weighted by Gasteiger charge is 2.33. The molecule has 1 saturated heterocycles. The Morgan fingerprint density at radius 1 is 1.22 bits per heavy atom. The zero-order valence-electron chi connectivity index (χ0n) is 21.8. The van der Waals surface area contributed by atoms with Gasteiger partial charge in [-0.3, -0.25) is 19.5 Å². The number of carbonyl (C=O) groups excluding carboxylic acids is 3. The van der Waals surface area contributed by atoms with Gasteiger partial charge in [0.25, 0.3) is 0 Å². The van der Waals surface area contributed by atoms with E-state index in [1.807, 2.05) is 0 Å². The average Bonchev–Trinajstić information content (AvgIpc) is 3.72. The van der Waals surface area contributed by atoms with Gasteiger partial charge in [0.15, 0.2) is 6.10 Å². The van der Waals surface area contributed by atoms with Crippen LogP contribution in [0.25, 0.3) is 11.1 Å². The number of nitrogens with zero attached hydrogens (tertiary/aromatic N) is 6. The van der Waals surface area contributed by atoms with Gasteiger partial charge in [-0.2, -0.15) is 0 Å². The molecule has 0 bridgehead atoms. The van der Waals surface area contributed by atoms with Gasteiger partial charge in [-0.1, -0.05) is 16.4 Å². The number of ether oxygens (including phenoxy) is 2. The Labute approximate surface area is 233 Å². The lowest BCUT2D eigenvalue weighted by Gasteiger charge is -2.14. The molecule has 0 spiro atoms. The van der Waals surface area contributed by atoms with E-state index in [4.69, 9.17) is 25.8 Å². The molecular formula is C26H27FN8O6. The summed E-state index contributed by atoms with van der Waals surface area (Å²) >= 11 is 0. The summed E-state index contributed by atoms with van der Waals surface area (Å²) in [6.07, 6.45) is 3.61. The summed E-state index contributed by atoms with van der Waals surface area (Å²) in [7, 11) is 0. The Kier molecular flexibility index (Phi) is 8.14. The van der Waals surface area contributed by atoms with E-state index in [2.05, 4.69) is 20.5 Å². The second kappa shape index (κ2) is 12.1. The molecule has 1 aromatic carbocycles. The number of cyclic esters (lactones) is 1. The number of hydrogen-bond acceptors (Lipinski definition) is 11. The molecule has 5 rings (SSSR count). The Balaban J connectivity index is 1.15. The molecule has 0 saturated carbocycles. The topological polar surface area (TPSA) is 190 Å². The monoisotopic (exact) mass is 566 g/mol. The van der Waals surface area contributed by atoms with Crippen LogP contribution in [0.1, 0.15) is 25.0 Å². The number of pyridine rings is 1. The maximum absolute atomic E-state index is 15.1. The van der Waals surface area contributed by atoms with Gasteiger partial charge in [-0.05, 0) is 30.7 Å². The van der Waals surface area contributed by atoms with Crippen molar-refractivity contribution in [3.8, 4) is 11.1 Å². The smallest absolute Gasteiger partial charge is 0.414 e. The van der Waals surface area contributed by atoms with E-state index in [0.29, 0.717) is 41.2 Å². The predicted molar refractivity (Wildman–Crippen MR) is 141 cm³/mol. The van der Waals surface area contributed by atoms with Crippen LogP contribution in [0.3, 0.4) is 0 Å². The van der Waals surface area contributed by atoms with E-state index in [1.54, 1.807) is 35.1 Å². The maximum Gasteiger partial charge on any atom is 0.414 e. The van der Waals surface area contributed by atoms with Crippen molar-refractivity contribution >= 4 is 29.4 Å². The van der Waals surface area contributed by atoms with E-state index in [1.165, 1.54) is 23.4 Å². The zero-order valence-corrected chi connectivity index (χ0v) is 21.8. The number of benzene rings is 1. The lowest BCUT2D eigenvalue weighted by Crippen LogP contribution is -2.35. The fourth-order valence-electron chi connectivity index (χ4n) is 4.36. The molecular weight excluding hydrogens is 539 g/mol. The molecule has 15 heteroatoms. The van der Waals surface area contributed by atoms with Crippen molar-refractivity contribution in [2.45, 2.75) is 44.1 Å². The SMILES string of the molecule is NC(=O)CC[C@H](N)C(=O)OC[C@@H]1CC(c2ccc(-c3ccc(N4C[C@H](Cn5ccnn5)OC4=O)cc3F)cn2)=NO1. The standard InChI is InChI=1S/C26H27FN8O6/c27-20-9-16(35-13-18(40-26(35)38)12-34-8-7-31-33-34)2-3-19(20)15-1-5-22(30-11-15)23-10-17(41-32-23)14-39-25(37)21(28)4-6-24(29)36/h1-3,5,7-9,11,17-18,21H,4,6,10,12-14,28H2,(H2,29,36)/t17-,18-,21-/m0/s1. The van der Waals surface area contributed by atoms with E-state index in [-0.39, 0.29) is 26.0 Å². The van der Waals surface area contributed by atoms with Gasteiger partial charge in [0.1, 0.15) is 30.3 Å². The van der Waals surface area contributed by atoms with Crippen molar-refractivity contribution in [1.29, 1.82) is 0 Å². The second-order valence-electron chi connectivity index (χ2n) is 9.55. The lowest BCUT2D eigenvalue weighted by atomic mass is 10.0. The van der Waals surface area contributed by atoms with Gasteiger partial charge in [-0.15, -0.1) is 5.10 Å². The van der Waals surface area contributed by atoms with Crippen LogP contribution < -0.4 is 16.4 Å². The van der Waals surface area contributed by atoms with Crippen molar-refractivity contribution in [3.05, 3.63) is 60.4 Å². The molecule has 214 valence electrons. The number of halogens is 1. The normalized spacial score (nSPS) is 18.9. The fourth-order valence-corrected chi connectivity index (χ4v) is 4.36. The molecule has 3 aromatic rings. The molecule has 1 fully saturated rings. The zero-order chi connectivity index (χ0) is 28.9. The minimum Gasteiger partial charge on any atom is -0.460 e. The van der Waals surface area contributed by atoms with E-state index >= 15 is 4.39 Å². The van der Waals surface area contributed by atoms with Gasteiger partial charge in [-0.25, -0.2) is 13.9 Å². The maximum atomic E-state index is 15.1.